The van der Waals surface area contributed by atoms with Crippen LogP contribution < -0.4 is 19.5 Å². The quantitative estimate of drug-likeness (QED) is 0.0994. The van der Waals surface area contributed by atoms with E-state index in [2.05, 4.69) is 128 Å². The fourth-order valence-electron chi connectivity index (χ4n) is 6.37. The summed E-state index contributed by atoms with van der Waals surface area (Å²) in [6, 6.07) is 28.8. The second-order valence-corrected chi connectivity index (χ2v) is 15.0. The van der Waals surface area contributed by atoms with E-state index in [9.17, 15) is 0 Å². The summed E-state index contributed by atoms with van der Waals surface area (Å²) in [6.07, 6.45) is 4.15. The van der Waals surface area contributed by atoms with Gasteiger partial charge in [0.05, 0.1) is 14.2 Å². The number of allylic oxidation sites excluding steroid dienone is 4. The Bertz CT molecular complexity index is 1760. The van der Waals surface area contributed by atoms with E-state index in [0.29, 0.717) is 23.7 Å². The monoisotopic (exact) mass is 752 g/mol. The van der Waals surface area contributed by atoms with Crippen molar-refractivity contribution >= 4 is 57.2 Å². The van der Waals surface area contributed by atoms with Crippen molar-refractivity contribution in [3.05, 3.63) is 141 Å². The Hall–Kier alpha value is -4.33. The minimum atomic E-state index is 0. The fraction of sp³-hybridized carbons (Fsp3) is 0.375. The van der Waals surface area contributed by atoms with Crippen LogP contribution in [0, 0.1) is 0 Å². The van der Waals surface area contributed by atoms with Crippen LogP contribution in [0.25, 0.3) is 10.6 Å². The van der Waals surface area contributed by atoms with Crippen LogP contribution in [0.5, 0.6) is 11.5 Å². The van der Waals surface area contributed by atoms with Gasteiger partial charge in [-0.05, 0) is 48.0 Å². The van der Waals surface area contributed by atoms with Crippen molar-refractivity contribution in [1.82, 2.24) is 0 Å². The zero-order valence-electron chi connectivity index (χ0n) is 36.0. The maximum atomic E-state index is 5.39. The van der Waals surface area contributed by atoms with Crippen molar-refractivity contribution in [1.29, 1.82) is 0 Å². The van der Waals surface area contributed by atoms with Crippen molar-refractivity contribution < 1.29 is 19.5 Å². The van der Waals surface area contributed by atoms with E-state index < -0.39 is 0 Å². The van der Waals surface area contributed by atoms with Crippen molar-refractivity contribution in [2.24, 2.45) is 0 Å². The molecule has 0 saturated heterocycles. The first kappa shape index (κ1) is 46.8. The maximum Gasteiger partial charge on any atom is 2.00 e. The summed E-state index contributed by atoms with van der Waals surface area (Å²) in [5.41, 5.74) is 13.5. The Morgan fingerprint density at radius 2 is 0.764 bits per heavy atom. The Kier molecular flexibility index (Phi) is 19.5. The molecular formula is C48H64MgN4O2+2. The van der Waals surface area contributed by atoms with Crippen molar-refractivity contribution in [3.63, 3.8) is 0 Å². The molecule has 0 aromatic heterocycles. The largest absolute Gasteiger partial charge is 2.00 e. The van der Waals surface area contributed by atoms with Crippen molar-refractivity contribution in [2.75, 3.05) is 14.2 Å². The molecule has 0 heterocycles. The zero-order valence-corrected chi connectivity index (χ0v) is 37.4. The number of methoxy groups -OCH3 is 2. The van der Waals surface area contributed by atoms with E-state index >= 15 is 0 Å². The molecule has 0 fully saturated rings. The predicted molar refractivity (Wildman–Crippen MR) is 237 cm³/mol. The SMILES string of the molecule is COc1ccccc1[N-]/C(C)=C\C(C)=[NH+]c1c(C(C)C)cccc1C(C)C.COc1ccccc1[N-]/C(C)=C\C(C)=[NH+]c1c(C(C)C)cccc1C(C)C.[Mg+2]. The van der Waals surface area contributed by atoms with Gasteiger partial charge in [0.2, 0.25) is 11.4 Å². The third-order valence-electron chi connectivity index (χ3n) is 9.00. The number of benzene rings is 4. The molecule has 7 heteroatoms. The van der Waals surface area contributed by atoms with E-state index in [0.717, 1.165) is 45.7 Å². The molecule has 0 bridgehead atoms. The first-order valence-corrected chi connectivity index (χ1v) is 19.2. The van der Waals surface area contributed by atoms with Crippen LogP contribution >= 0.6 is 0 Å². The summed E-state index contributed by atoms with van der Waals surface area (Å²) in [7, 11) is 3.34. The van der Waals surface area contributed by atoms with E-state index in [-0.39, 0.29) is 23.1 Å². The number of ether oxygens (including phenoxy) is 2. The van der Waals surface area contributed by atoms with Crippen LogP contribution in [0.4, 0.5) is 22.7 Å². The van der Waals surface area contributed by atoms with Gasteiger partial charge >= 0.3 is 23.1 Å². The molecule has 4 aromatic rings. The van der Waals surface area contributed by atoms with Crippen LogP contribution in [0.1, 0.15) is 129 Å². The minimum Gasteiger partial charge on any atom is -0.658 e. The van der Waals surface area contributed by atoms with E-state index in [1.807, 2.05) is 62.4 Å². The molecule has 0 radical (unpaired) electrons. The molecule has 0 spiro atoms. The van der Waals surface area contributed by atoms with E-state index in [1.54, 1.807) is 14.2 Å². The second kappa shape index (κ2) is 22.9. The number of hydrogen-bond acceptors (Lipinski definition) is 2. The third-order valence-corrected chi connectivity index (χ3v) is 9.00. The van der Waals surface area contributed by atoms with E-state index in [4.69, 9.17) is 20.1 Å². The number of hydrogen-bond donors (Lipinski definition) is 2. The smallest absolute Gasteiger partial charge is 0.658 e. The third kappa shape index (κ3) is 14.0. The molecule has 55 heavy (non-hydrogen) atoms. The molecule has 0 aliphatic carbocycles. The molecule has 6 nitrogen and oxygen atoms in total. The molecule has 4 rings (SSSR count). The van der Waals surface area contributed by atoms with Gasteiger partial charge < -0.3 is 20.1 Å². The Labute approximate surface area is 348 Å². The summed E-state index contributed by atoms with van der Waals surface area (Å²) in [6.45, 7) is 26.1. The van der Waals surface area contributed by atoms with Gasteiger partial charge in [0, 0.05) is 36.1 Å². The molecular weight excluding hydrogens is 689 g/mol. The number of rotatable bonds is 14. The zero-order chi connectivity index (χ0) is 39.9. The molecule has 4 aromatic carbocycles. The normalized spacial score (nSPS) is 12.4. The number of nitrogens with one attached hydrogen (secondary N) is 2. The van der Waals surface area contributed by atoms with Gasteiger partial charge in [0.15, 0.2) is 11.4 Å². The van der Waals surface area contributed by atoms with Crippen molar-refractivity contribution in [3.8, 4) is 11.5 Å². The Morgan fingerprint density at radius 1 is 0.473 bits per heavy atom. The van der Waals surface area contributed by atoms with Gasteiger partial charge in [-0.25, -0.2) is 9.98 Å². The van der Waals surface area contributed by atoms with Crippen LogP contribution in [0.2, 0.25) is 0 Å². The first-order valence-electron chi connectivity index (χ1n) is 19.2. The molecule has 0 atom stereocenters. The molecule has 2 N–H and O–H groups in total. The summed E-state index contributed by atoms with van der Waals surface area (Å²) in [4.78, 5) is 7.27. The van der Waals surface area contributed by atoms with E-state index in [1.165, 1.54) is 33.6 Å². The molecule has 0 saturated carbocycles. The van der Waals surface area contributed by atoms with Crippen LogP contribution in [-0.2, 0) is 0 Å². The van der Waals surface area contributed by atoms with Crippen LogP contribution in [0.15, 0.2) is 108 Å². The number of para-hydroxylation sites is 6. The Morgan fingerprint density at radius 3 is 1.04 bits per heavy atom. The standard InChI is InChI=1S/2C24H31N2O.Mg/c2*1-16(2)20-11-10-12-21(17(3)4)24(20)26-19(6)15-18(5)25-22-13-8-9-14-23(22)27-7;/h2*8-17H,1-7H3;/q2*-1;+2/p+2/b2*18-15-,26-19?;. The predicted octanol–water partition coefficient (Wildman–Crippen LogP) is 11.1. The summed E-state index contributed by atoms with van der Waals surface area (Å²) >= 11 is 0. The fourth-order valence-corrected chi connectivity index (χ4v) is 6.37. The molecule has 0 aliphatic heterocycles. The van der Waals surface area contributed by atoms with Gasteiger partial charge in [-0.3, -0.25) is 0 Å². The van der Waals surface area contributed by atoms with Crippen LogP contribution in [-0.4, -0.2) is 48.7 Å². The van der Waals surface area contributed by atoms with Gasteiger partial charge in [-0.2, -0.15) is 11.4 Å². The summed E-state index contributed by atoms with van der Waals surface area (Å²) in [5, 5.41) is 9.40. The van der Waals surface area contributed by atoms with Crippen molar-refractivity contribution in [2.45, 2.75) is 107 Å². The molecule has 0 amide bonds. The number of nitrogens with zero attached hydrogens (tertiary/aromatic N) is 2. The van der Waals surface area contributed by atoms with Gasteiger partial charge in [0.25, 0.3) is 0 Å². The van der Waals surface area contributed by atoms with Gasteiger partial charge in [0.1, 0.15) is 11.5 Å². The summed E-state index contributed by atoms with van der Waals surface area (Å²) < 4.78 is 10.8. The summed E-state index contributed by atoms with van der Waals surface area (Å²) in [5.74, 6) is 3.40. The molecule has 0 unspecified atom stereocenters. The average Bonchev–Trinajstić information content (AvgIpc) is 3.11. The van der Waals surface area contributed by atoms with Crippen LogP contribution in [0.3, 0.4) is 0 Å². The second-order valence-electron chi connectivity index (χ2n) is 15.0. The Balaban J connectivity index is 0.000000373. The van der Waals surface area contributed by atoms with Gasteiger partial charge in [-0.1, -0.05) is 153 Å². The first-order chi connectivity index (χ1) is 25.7. The maximum absolute atomic E-state index is 5.39. The molecule has 0 aliphatic rings. The topological polar surface area (TPSA) is 74.6 Å². The average molecular weight is 753 g/mol. The molecule has 288 valence electrons. The minimum absolute atomic E-state index is 0. The van der Waals surface area contributed by atoms with Gasteiger partial charge in [-0.15, -0.1) is 0 Å².